The Morgan fingerprint density at radius 3 is 2.36 bits per heavy atom. The third kappa shape index (κ3) is 13.6. The van der Waals surface area contributed by atoms with Crippen molar-refractivity contribution in [1.82, 2.24) is 30.2 Å². The summed E-state index contributed by atoms with van der Waals surface area (Å²) in [4.78, 5) is 106. The summed E-state index contributed by atoms with van der Waals surface area (Å²) in [5, 5.41) is 34.1. The molecule has 3 heterocycles. The van der Waals surface area contributed by atoms with Crippen molar-refractivity contribution in [3.8, 4) is 0 Å². The molecule has 1 aliphatic rings. The minimum absolute atomic E-state index is 0.0104. The number of hydrogen-bond acceptors (Lipinski definition) is 23. The van der Waals surface area contributed by atoms with Gasteiger partial charge < -0.3 is 74.1 Å². The molecule has 1 aliphatic heterocycles. The van der Waals surface area contributed by atoms with E-state index in [0.29, 0.717) is 11.8 Å². The Bertz CT molecular complexity index is 1860. The summed E-state index contributed by atoms with van der Waals surface area (Å²) in [7, 11) is -17.6. The summed E-state index contributed by atoms with van der Waals surface area (Å²) in [6.07, 6.45) is -7.80. The molecule has 0 saturated carbocycles. The first-order valence-electron chi connectivity index (χ1n) is 15.6. The highest BCUT2D eigenvalue weighted by molar-refractivity contribution is 8.13. The monoisotopic (exact) mass is 863 g/mol. The number of nitrogens with two attached hydrogens (primary N) is 1. The summed E-state index contributed by atoms with van der Waals surface area (Å²) >= 11 is 0.714. The van der Waals surface area contributed by atoms with E-state index in [1.54, 1.807) is 0 Å². The molecule has 0 aromatic carbocycles. The number of carboxylic acid groups (broad SMARTS) is 1. The minimum Gasteiger partial charge on any atom is -0.790 e. The summed E-state index contributed by atoms with van der Waals surface area (Å²) in [5.41, 5.74) is 3.99. The minimum atomic E-state index is -5.93. The van der Waals surface area contributed by atoms with E-state index in [0.717, 1.165) is 31.1 Å². The number of nitrogens with zero attached hydrogens (tertiary/aromatic N) is 4. The number of aliphatic carboxylic acids is 1. The van der Waals surface area contributed by atoms with Crippen LogP contribution in [-0.4, -0.2) is 114 Å². The van der Waals surface area contributed by atoms with Crippen LogP contribution in [0.1, 0.15) is 33.4 Å². The van der Waals surface area contributed by atoms with Crippen molar-refractivity contribution in [3.63, 3.8) is 0 Å². The number of phosphoric ester groups is 3. The molecule has 1 saturated heterocycles. The van der Waals surface area contributed by atoms with Crippen molar-refractivity contribution in [1.29, 1.82) is 0 Å². The average Bonchev–Trinajstić information content (AvgIpc) is 3.64. The van der Waals surface area contributed by atoms with Gasteiger partial charge in [0.25, 0.3) is 15.6 Å². The van der Waals surface area contributed by atoms with Crippen LogP contribution in [0.2, 0.25) is 0 Å². The van der Waals surface area contributed by atoms with Gasteiger partial charge in [0.1, 0.15) is 42.2 Å². The van der Waals surface area contributed by atoms with Gasteiger partial charge in [0.15, 0.2) is 17.7 Å². The Kier molecular flexibility index (Phi) is 16.0. The Hall–Kier alpha value is -2.97. The normalized spacial score (nSPS) is 22.3. The number of anilines is 1. The second-order valence-corrected chi connectivity index (χ2v) is 17.4. The van der Waals surface area contributed by atoms with E-state index in [-0.39, 0.29) is 42.2 Å². The van der Waals surface area contributed by atoms with Gasteiger partial charge in [-0.25, -0.2) is 19.3 Å². The molecular weight excluding hydrogens is 827 g/mol. The van der Waals surface area contributed by atoms with E-state index < -0.39 is 102 Å². The molecule has 2 amide bonds. The Morgan fingerprint density at radius 1 is 1.07 bits per heavy atom. The molecule has 2 aromatic rings. The highest BCUT2D eigenvalue weighted by Crippen LogP contribution is 2.56. The number of hydrogen-bond donors (Lipinski definition) is 6. The first kappa shape index (κ1) is 46.4. The van der Waals surface area contributed by atoms with E-state index in [2.05, 4.69) is 43.5 Å². The zero-order chi connectivity index (χ0) is 41.5. The standard InChI is InChI=1S/C25H40N7O19P3S/c1-12(23(37)38)24(39)55-7-6-27-14(33)4-5-28-21(36)18(35)25(2,3)9-48-54(45,46)51-53(43,44)47-8-13-17(50-52(40,41)42)16(34)22(49-13)32-11-31-15-19(26)29-10-30-20(15)32/h10-13,16-18,22,34-35H,4-9H2,1-3H3,(H,27,33)(H,28,36)(H,37,38)(H,43,44)(H,45,46)(H2,26,29,30)(H2,40,41,42)/p-4/t12?,13-,16-,17-,18+,22-/m1/s1. The molecule has 0 radical (unpaired) electrons. The second-order valence-electron chi connectivity index (χ2n) is 12.2. The predicted molar refractivity (Wildman–Crippen MR) is 175 cm³/mol. The number of phosphoric acid groups is 3. The molecule has 3 unspecified atom stereocenters. The second kappa shape index (κ2) is 19.0. The largest absolute Gasteiger partial charge is 0.790 e. The number of aliphatic hydroxyl groups excluding tert-OH is 2. The van der Waals surface area contributed by atoms with Crippen LogP contribution in [0.3, 0.4) is 0 Å². The highest BCUT2D eigenvalue weighted by Gasteiger charge is 2.47. The molecule has 55 heavy (non-hydrogen) atoms. The lowest BCUT2D eigenvalue weighted by Gasteiger charge is -2.36. The number of ether oxygens (including phenoxy) is 1. The van der Waals surface area contributed by atoms with E-state index in [9.17, 15) is 62.7 Å². The van der Waals surface area contributed by atoms with Crippen molar-refractivity contribution < 1.29 is 90.4 Å². The van der Waals surface area contributed by atoms with Crippen molar-refractivity contribution in [2.24, 2.45) is 11.3 Å². The van der Waals surface area contributed by atoms with Gasteiger partial charge in [0.05, 0.1) is 27.4 Å². The van der Waals surface area contributed by atoms with Crippen LogP contribution in [0.25, 0.3) is 11.2 Å². The zero-order valence-electron chi connectivity index (χ0n) is 28.9. The first-order valence-corrected chi connectivity index (χ1v) is 20.9. The third-order valence-corrected chi connectivity index (χ3v) is 11.5. The fourth-order valence-electron chi connectivity index (χ4n) is 4.48. The Morgan fingerprint density at radius 2 is 1.73 bits per heavy atom. The molecule has 26 nitrogen and oxygen atoms in total. The van der Waals surface area contributed by atoms with E-state index in [1.807, 2.05) is 0 Å². The van der Waals surface area contributed by atoms with Crippen LogP contribution in [0.5, 0.6) is 0 Å². The first-order chi connectivity index (χ1) is 25.3. The maximum atomic E-state index is 12.5. The van der Waals surface area contributed by atoms with E-state index in [1.165, 1.54) is 6.92 Å². The lowest BCUT2D eigenvalue weighted by atomic mass is 9.87. The van der Waals surface area contributed by atoms with Crippen LogP contribution in [0.15, 0.2) is 12.7 Å². The lowest BCUT2D eigenvalue weighted by molar-refractivity contribution is -0.347. The molecule has 0 bridgehead atoms. The smallest absolute Gasteiger partial charge is 0.314 e. The van der Waals surface area contributed by atoms with E-state index >= 15 is 0 Å². The lowest BCUT2D eigenvalue weighted by Crippen LogP contribution is -2.46. The molecular formula is C25H36N7O19P3S-4. The number of aliphatic hydroxyl groups is 2. The highest BCUT2D eigenvalue weighted by atomic mass is 32.2. The fourth-order valence-corrected chi connectivity index (χ4v) is 7.98. The van der Waals surface area contributed by atoms with Gasteiger partial charge in [-0.15, -0.1) is 0 Å². The predicted octanol–water partition coefficient (Wildman–Crippen LogP) is -4.14. The van der Waals surface area contributed by atoms with Gasteiger partial charge in [-0.1, -0.05) is 25.6 Å². The SMILES string of the molecule is CC(C(=O)O)C(=O)SCCNC(=O)CCNC(=O)[C@H](O)C(C)(C)COP(=O)([O-])OP(=O)([O-])OC[C@H]1O[C@@H](n2cnc3c(N)ncnc32)[C@H](O)[C@@H]1OP(=O)([O-])[O-]. The molecule has 0 aliphatic carbocycles. The van der Waals surface area contributed by atoms with Crippen LogP contribution >= 0.6 is 35.2 Å². The molecule has 0 spiro atoms. The van der Waals surface area contributed by atoms with Crippen LogP contribution in [0.4, 0.5) is 5.82 Å². The van der Waals surface area contributed by atoms with Gasteiger partial charge in [-0.2, -0.15) is 0 Å². The number of amides is 2. The molecule has 3 rings (SSSR count). The van der Waals surface area contributed by atoms with Gasteiger partial charge in [-0.3, -0.25) is 32.9 Å². The number of nitrogens with one attached hydrogen (secondary N) is 2. The van der Waals surface area contributed by atoms with Crippen LogP contribution in [-0.2, 0) is 55.5 Å². The van der Waals surface area contributed by atoms with Gasteiger partial charge in [0, 0.05) is 30.7 Å². The third-order valence-electron chi connectivity index (χ3n) is 7.45. The topological polar surface area (TPSA) is 412 Å². The molecule has 2 aromatic heterocycles. The molecule has 310 valence electrons. The number of fused-ring (bicyclic) bond motifs is 1. The number of imidazole rings is 1. The number of rotatable bonds is 21. The van der Waals surface area contributed by atoms with Gasteiger partial charge in [-0.05, 0) is 6.92 Å². The van der Waals surface area contributed by atoms with Crippen molar-refractivity contribution in [2.45, 2.75) is 57.8 Å². The Balaban J connectivity index is 1.50. The van der Waals surface area contributed by atoms with Crippen molar-refractivity contribution in [3.05, 3.63) is 12.7 Å². The summed E-state index contributed by atoms with van der Waals surface area (Å²) < 4.78 is 60.3. The van der Waals surface area contributed by atoms with E-state index in [4.69, 9.17) is 15.6 Å². The molecule has 1 fully saturated rings. The molecule has 30 heteroatoms. The molecule has 7 N–H and O–H groups in total. The number of aromatic nitrogens is 4. The van der Waals surface area contributed by atoms with Gasteiger partial charge >= 0.3 is 5.97 Å². The van der Waals surface area contributed by atoms with Crippen molar-refractivity contribution in [2.75, 3.05) is 37.8 Å². The molecule has 8 atom stereocenters. The maximum absolute atomic E-state index is 12.5. The quantitative estimate of drug-likeness (QED) is 0.0394. The summed E-state index contributed by atoms with van der Waals surface area (Å²) in [6, 6.07) is 0. The number of nitrogen functional groups attached to an aromatic ring is 1. The summed E-state index contributed by atoms with van der Waals surface area (Å²) in [5.74, 6) is -4.14. The number of thioether (sulfide) groups is 1. The fraction of sp³-hybridized carbons (Fsp3) is 0.640. The Labute approximate surface area is 314 Å². The van der Waals surface area contributed by atoms with Crippen molar-refractivity contribution >= 4 is 75.1 Å². The van der Waals surface area contributed by atoms with Gasteiger partial charge in [0.2, 0.25) is 16.9 Å². The summed E-state index contributed by atoms with van der Waals surface area (Å²) in [6.45, 7) is 0.941. The maximum Gasteiger partial charge on any atom is 0.314 e. The zero-order valence-corrected chi connectivity index (χ0v) is 32.4. The van der Waals surface area contributed by atoms with Crippen LogP contribution < -0.4 is 35.9 Å². The number of carbonyl (C=O) groups excluding carboxylic acids is 3. The number of carboxylic acids is 1. The number of carbonyl (C=O) groups is 4. The van der Waals surface area contributed by atoms with Crippen LogP contribution in [0, 0.1) is 11.3 Å². The average molecular weight is 864 g/mol.